The number of nitrogens with zero attached hydrogens (tertiary/aromatic N) is 2. The summed E-state index contributed by atoms with van der Waals surface area (Å²) in [5.74, 6) is 2.82. The van der Waals surface area contributed by atoms with Crippen molar-refractivity contribution in [1.29, 1.82) is 0 Å². The van der Waals surface area contributed by atoms with Crippen LogP contribution in [0.25, 0.3) is 0 Å². The molecule has 2 aliphatic carbocycles. The van der Waals surface area contributed by atoms with Crippen molar-refractivity contribution < 1.29 is 4.74 Å². The van der Waals surface area contributed by atoms with E-state index < -0.39 is 0 Å². The molecule has 0 heterocycles. The number of hydrogen-bond donors (Lipinski definition) is 1. The second-order valence-corrected chi connectivity index (χ2v) is 7.65. The maximum Gasteiger partial charge on any atom is 0.193 e. The minimum atomic E-state index is 0.465. The van der Waals surface area contributed by atoms with Crippen molar-refractivity contribution in [1.82, 2.24) is 10.2 Å². The van der Waals surface area contributed by atoms with Crippen LogP contribution in [0.3, 0.4) is 0 Å². The summed E-state index contributed by atoms with van der Waals surface area (Å²) in [5, 5.41) is 3.60. The van der Waals surface area contributed by atoms with Crippen molar-refractivity contribution in [3.63, 3.8) is 0 Å². The fourth-order valence-electron chi connectivity index (χ4n) is 3.65. The Labute approximate surface area is 136 Å². The van der Waals surface area contributed by atoms with Gasteiger partial charge < -0.3 is 15.0 Å². The lowest BCUT2D eigenvalue weighted by Crippen LogP contribution is -2.43. The molecule has 0 aromatic heterocycles. The van der Waals surface area contributed by atoms with E-state index >= 15 is 0 Å². The average molecular weight is 309 g/mol. The molecule has 2 fully saturated rings. The van der Waals surface area contributed by atoms with Gasteiger partial charge in [-0.2, -0.15) is 0 Å². The van der Waals surface area contributed by atoms with Crippen molar-refractivity contribution in [2.45, 2.75) is 51.9 Å². The fourth-order valence-corrected chi connectivity index (χ4v) is 3.65. The molecule has 0 amide bonds. The van der Waals surface area contributed by atoms with Crippen LogP contribution in [0.5, 0.6) is 0 Å². The van der Waals surface area contributed by atoms with Crippen LogP contribution in [0, 0.1) is 17.3 Å². The molecule has 0 aromatic rings. The molecular formula is C18H35N3O. The highest BCUT2D eigenvalue weighted by Crippen LogP contribution is 2.48. The summed E-state index contributed by atoms with van der Waals surface area (Å²) >= 11 is 0. The van der Waals surface area contributed by atoms with Crippen LogP contribution in [0.4, 0.5) is 0 Å². The second kappa shape index (κ2) is 8.19. The van der Waals surface area contributed by atoms with E-state index in [-0.39, 0.29) is 0 Å². The van der Waals surface area contributed by atoms with Gasteiger partial charge in [0.1, 0.15) is 0 Å². The summed E-state index contributed by atoms with van der Waals surface area (Å²) in [6.07, 6.45) is 9.35. The lowest BCUT2D eigenvalue weighted by Gasteiger charge is -2.31. The average Bonchev–Trinajstić information content (AvgIpc) is 3.28. The van der Waals surface area contributed by atoms with E-state index in [1.165, 1.54) is 38.5 Å². The highest BCUT2D eigenvalue weighted by atomic mass is 16.5. The fraction of sp³-hybridized carbons (Fsp3) is 0.944. The van der Waals surface area contributed by atoms with Gasteiger partial charge in [0.05, 0.1) is 0 Å². The highest BCUT2D eigenvalue weighted by molar-refractivity contribution is 5.79. The maximum absolute atomic E-state index is 5.24. The van der Waals surface area contributed by atoms with Gasteiger partial charge in [-0.15, -0.1) is 0 Å². The molecule has 4 nitrogen and oxygen atoms in total. The van der Waals surface area contributed by atoms with Crippen LogP contribution >= 0.6 is 0 Å². The summed E-state index contributed by atoms with van der Waals surface area (Å²) in [5.41, 5.74) is 0.465. The molecule has 0 saturated heterocycles. The molecule has 0 aliphatic heterocycles. The van der Waals surface area contributed by atoms with Gasteiger partial charge in [0, 0.05) is 40.9 Å². The van der Waals surface area contributed by atoms with Gasteiger partial charge in [0.15, 0.2) is 5.96 Å². The van der Waals surface area contributed by atoms with Crippen molar-refractivity contribution in [2.75, 3.05) is 40.9 Å². The van der Waals surface area contributed by atoms with E-state index in [1.54, 1.807) is 7.11 Å². The zero-order valence-electron chi connectivity index (χ0n) is 15.0. The van der Waals surface area contributed by atoms with Crippen molar-refractivity contribution >= 4 is 5.96 Å². The number of hydrogen-bond acceptors (Lipinski definition) is 2. The molecule has 1 N–H and O–H groups in total. The smallest absolute Gasteiger partial charge is 0.193 e. The van der Waals surface area contributed by atoms with E-state index in [2.05, 4.69) is 29.2 Å². The molecule has 2 rings (SSSR count). The van der Waals surface area contributed by atoms with Crippen LogP contribution in [0.2, 0.25) is 0 Å². The van der Waals surface area contributed by atoms with Crippen LogP contribution in [-0.2, 0) is 4.74 Å². The normalized spacial score (nSPS) is 27.5. The monoisotopic (exact) mass is 309 g/mol. The summed E-state index contributed by atoms with van der Waals surface area (Å²) in [4.78, 5) is 6.81. The van der Waals surface area contributed by atoms with E-state index in [0.717, 1.165) is 43.9 Å². The Bertz CT molecular complexity index is 357. The minimum absolute atomic E-state index is 0.465. The van der Waals surface area contributed by atoms with E-state index in [1.807, 2.05) is 7.05 Å². The van der Waals surface area contributed by atoms with Crippen molar-refractivity contribution in [3.05, 3.63) is 0 Å². The topological polar surface area (TPSA) is 36.9 Å². The molecule has 4 heteroatoms. The van der Waals surface area contributed by atoms with Crippen molar-refractivity contribution in [3.8, 4) is 0 Å². The highest BCUT2D eigenvalue weighted by Gasteiger charge is 2.42. The van der Waals surface area contributed by atoms with Gasteiger partial charge in [-0.1, -0.05) is 19.8 Å². The van der Waals surface area contributed by atoms with Gasteiger partial charge in [-0.3, -0.25) is 4.99 Å². The Balaban J connectivity index is 1.74. The molecule has 128 valence electrons. The Morgan fingerprint density at radius 1 is 1.27 bits per heavy atom. The summed E-state index contributed by atoms with van der Waals surface area (Å²) in [6.45, 7) is 5.43. The predicted molar refractivity (Wildman–Crippen MR) is 93.3 cm³/mol. The first kappa shape index (κ1) is 17.6. The third-order valence-corrected chi connectivity index (χ3v) is 5.66. The number of aliphatic imine (C=N–C) groups is 1. The molecule has 2 aliphatic rings. The third-order valence-electron chi connectivity index (χ3n) is 5.66. The zero-order chi connectivity index (χ0) is 16.0. The molecule has 0 aromatic carbocycles. The quantitative estimate of drug-likeness (QED) is 0.580. The largest absolute Gasteiger partial charge is 0.385 e. The van der Waals surface area contributed by atoms with Gasteiger partial charge in [0.2, 0.25) is 0 Å². The lowest BCUT2D eigenvalue weighted by molar-refractivity contribution is 0.172. The van der Waals surface area contributed by atoms with Gasteiger partial charge in [0.25, 0.3) is 0 Å². The first-order valence-corrected chi connectivity index (χ1v) is 8.99. The number of ether oxygens (including phenoxy) is 1. The van der Waals surface area contributed by atoms with Gasteiger partial charge in [-0.05, 0) is 49.4 Å². The first-order valence-electron chi connectivity index (χ1n) is 8.99. The zero-order valence-corrected chi connectivity index (χ0v) is 15.0. The minimum Gasteiger partial charge on any atom is -0.385 e. The standard InChI is InChI=1S/C18H35N3O/c1-15-5-7-16(8-6-15)13-21(3)17(19-2)20-14-18(9-10-18)11-12-22-4/h15-16H,5-14H2,1-4H3,(H,19,20). The summed E-state index contributed by atoms with van der Waals surface area (Å²) in [7, 11) is 5.87. The van der Waals surface area contributed by atoms with E-state index in [0.29, 0.717) is 5.41 Å². The number of methoxy groups -OCH3 is 1. The van der Waals surface area contributed by atoms with Crippen LogP contribution in [-0.4, -0.2) is 51.8 Å². The molecule has 22 heavy (non-hydrogen) atoms. The molecule has 0 bridgehead atoms. The maximum atomic E-state index is 5.24. The molecule has 0 radical (unpaired) electrons. The van der Waals surface area contributed by atoms with Crippen molar-refractivity contribution in [2.24, 2.45) is 22.2 Å². The predicted octanol–water partition coefficient (Wildman–Crippen LogP) is 3.14. The number of rotatable bonds is 7. The Kier molecular flexibility index (Phi) is 6.54. The second-order valence-electron chi connectivity index (χ2n) is 7.65. The first-order chi connectivity index (χ1) is 10.6. The molecule has 0 spiro atoms. The molecule has 2 saturated carbocycles. The number of guanidine groups is 1. The van der Waals surface area contributed by atoms with E-state index in [4.69, 9.17) is 4.74 Å². The Morgan fingerprint density at radius 2 is 1.95 bits per heavy atom. The molecular weight excluding hydrogens is 274 g/mol. The van der Waals surface area contributed by atoms with Crippen LogP contribution < -0.4 is 5.32 Å². The third kappa shape index (κ3) is 5.15. The Hall–Kier alpha value is -0.770. The Morgan fingerprint density at radius 3 is 2.50 bits per heavy atom. The molecule has 0 unspecified atom stereocenters. The van der Waals surface area contributed by atoms with Gasteiger partial charge in [-0.25, -0.2) is 0 Å². The van der Waals surface area contributed by atoms with E-state index in [9.17, 15) is 0 Å². The summed E-state index contributed by atoms with van der Waals surface area (Å²) in [6, 6.07) is 0. The SMILES string of the molecule is CN=C(NCC1(CCOC)CC1)N(C)CC1CCC(C)CC1. The lowest BCUT2D eigenvalue weighted by atomic mass is 9.83. The van der Waals surface area contributed by atoms with Gasteiger partial charge >= 0.3 is 0 Å². The summed E-state index contributed by atoms with van der Waals surface area (Å²) < 4.78 is 5.24. The van der Waals surface area contributed by atoms with Crippen LogP contribution in [0.1, 0.15) is 51.9 Å². The van der Waals surface area contributed by atoms with Crippen LogP contribution in [0.15, 0.2) is 4.99 Å². The molecule has 0 atom stereocenters. The number of nitrogens with one attached hydrogen (secondary N) is 1.